The fourth-order valence-corrected chi connectivity index (χ4v) is 1.52. The van der Waals surface area contributed by atoms with Crippen molar-refractivity contribution < 1.29 is 14.3 Å². The average Bonchev–Trinajstić information content (AvgIpc) is 2.34. The van der Waals surface area contributed by atoms with E-state index in [4.69, 9.17) is 4.74 Å². The number of nitrogens with zero attached hydrogens (tertiary/aromatic N) is 1. The molecule has 0 aliphatic heterocycles. The van der Waals surface area contributed by atoms with Gasteiger partial charge in [0, 0.05) is 18.9 Å². The minimum Gasteiger partial charge on any atom is -0.444 e. The molecule has 2 N–H and O–H groups in total. The first kappa shape index (κ1) is 16.9. The van der Waals surface area contributed by atoms with Crippen LogP contribution < -0.4 is 10.6 Å². The summed E-state index contributed by atoms with van der Waals surface area (Å²) in [7, 11) is 0. The lowest BCUT2D eigenvalue weighted by atomic mass is 10.1. The van der Waals surface area contributed by atoms with E-state index in [9.17, 15) is 9.59 Å². The second-order valence-corrected chi connectivity index (χ2v) is 6.44. The number of ether oxygens (including phenoxy) is 1. The van der Waals surface area contributed by atoms with E-state index in [0.29, 0.717) is 5.56 Å². The largest absolute Gasteiger partial charge is 0.444 e. The van der Waals surface area contributed by atoms with Gasteiger partial charge in [0.25, 0.3) is 5.91 Å². The van der Waals surface area contributed by atoms with Crippen LogP contribution in [0.15, 0.2) is 24.5 Å². The monoisotopic (exact) mass is 293 g/mol. The first-order valence-corrected chi connectivity index (χ1v) is 6.78. The molecule has 2 amide bonds. The fraction of sp³-hybridized carbons (Fsp3) is 0.533. The van der Waals surface area contributed by atoms with Crippen LogP contribution in [0.2, 0.25) is 0 Å². The fourth-order valence-electron chi connectivity index (χ4n) is 1.52. The highest BCUT2D eigenvalue weighted by molar-refractivity contribution is 5.93. The maximum atomic E-state index is 11.9. The van der Waals surface area contributed by atoms with E-state index < -0.39 is 17.2 Å². The summed E-state index contributed by atoms with van der Waals surface area (Å²) in [6.07, 6.45) is 2.58. The Bertz CT molecular complexity index is 493. The maximum absolute atomic E-state index is 11.9. The molecule has 0 atom stereocenters. The van der Waals surface area contributed by atoms with Crippen molar-refractivity contribution >= 4 is 12.0 Å². The third kappa shape index (κ3) is 6.74. The molecule has 6 nitrogen and oxygen atoms in total. The number of carbonyl (C=O) groups is 2. The lowest BCUT2D eigenvalue weighted by Crippen LogP contribution is -2.52. The van der Waals surface area contributed by atoms with Gasteiger partial charge >= 0.3 is 6.09 Å². The predicted octanol–water partition coefficient (Wildman–Crippen LogP) is 2.11. The topological polar surface area (TPSA) is 80.3 Å². The zero-order valence-electron chi connectivity index (χ0n) is 13.2. The number of amides is 2. The highest BCUT2D eigenvalue weighted by Gasteiger charge is 2.25. The van der Waals surface area contributed by atoms with Crippen molar-refractivity contribution in [3.05, 3.63) is 30.1 Å². The van der Waals surface area contributed by atoms with Crippen molar-refractivity contribution in [2.75, 3.05) is 6.54 Å². The molecule has 0 saturated heterocycles. The lowest BCUT2D eigenvalue weighted by Gasteiger charge is -2.28. The number of hydrogen-bond acceptors (Lipinski definition) is 4. The number of rotatable bonds is 4. The number of aromatic nitrogens is 1. The van der Waals surface area contributed by atoms with Gasteiger partial charge in [-0.05, 0) is 46.8 Å². The van der Waals surface area contributed by atoms with E-state index >= 15 is 0 Å². The molecule has 0 unspecified atom stereocenters. The van der Waals surface area contributed by atoms with Gasteiger partial charge in [0.15, 0.2) is 0 Å². The molecule has 1 heterocycles. The second kappa shape index (κ2) is 6.56. The summed E-state index contributed by atoms with van der Waals surface area (Å²) in [5.74, 6) is -0.234. The predicted molar refractivity (Wildman–Crippen MR) is 80.0 cm³/mol. The zero-order chi connectivity index (χ0) is 16.1. The first-order chi connectivity index (χ1) is 9.59. The summed E-state index contributed by atoms with van der Waals surface area (Å²) >= 11 is 0. The number of pyridine rings is 1. The molecule has 0 aliphatic rings. The summed E-state index contributed by atoms with van der Waals surface area (Å²) in [6.45, 7) is 9.28. The molecular weight excluding hydrogens is 270 g/mol. The minimum atomic E-state index is -0.625. The van der Waals surface area contributed by atoms with Crippen LogP contribution in [0.4, 0.5) is 4.79 Å². The molecule has 1 aromatic heterocycles. The van der Waals surface area contributed by atoms with E-state index in [-0.39, 0.29) is 12.5 Å². The Balaban J connectivity index is 2.49. The third-order valence-electron chi connectivity index (χ3n) is 2.45. The van der Waals surface area contributed by atoms with Crippen LogP contribution in [0, 0.1) is 0 Å². The number of carbonyl (C=O) groups excluding carboxylic acids is 2. The zero-order valence-corrected chi connectivity index (χ0v) is 13.2. The van der Waals surface area contributed by atoms with Crippen molar-refractivity contribution in [3.63, 3.8) is 0 Å². The van der Waals surface area contributed by atoms with Crippen LogP contribution >= 0.6 is 0 Å². The summed E-state index contributed by atoms with van der Waals surface area (Å²) < 4.78 is 5.19. The molecule has 1 aromatic rings. The van der Waals surface area contributed by atoms with Crippen LogP contribution in [0.25, 0.3) is 0 Å². The van der Waals surface area contributed by atoms with Gasteiger partial charge in [-0.1, -0.05) is 0 Å². The molecule has 0 aliphatic carbocycles. The number of hydrogen-bond donors (Lipinski definition) is 2. The summed E-state index contributed by atoms with van der Waals surface area (Å²) in [5.41, 5.74) is -0.704. The van der Waals surface area contributed by atoms with Crippen LogP contribution in [-0.2, 0) is 4.74 Å². The average molecular weight is 293 g/mol. The van der Waals surface area contributed by atoms with Crippen molar-refractivity contribution in [1.29, 1.82) is 0 Å². The van der Waals surface area contributed by atoms with Crippen LogP contribution in [-0.4, -0.2) is 34.7 Å². The Hall–Kier alpha value is -2.11. The maximum Gasteiger partial charge on any atom is 0.408 e. The van der Waals surface area contributed by atoms with Gasteiger partial charge < -0.3 is 15.4 Å². The van der Waals surface area contributed by atoms with E-state index in [1.165, 1.54) is 6.20 Å². The first-order valence-electron chi connectivity index (χ1n) is 6.78. The molecule has 0 radical (unpaired) electrons. The molecule has 116 valence electrons. The highest BCUT2D eigenvalue weighted by Crippen LogP contribution is 2.09. The van der Waals surface area contributed by atoms with Crippen molar-refractivity contribution in [2.24, 2.45) is 0 Å². The summed E-state index contributed by atoms with van der Waals surface area (Å²) in [5, 5.41) is 5.49. The molecule has 0 saturated carbocycles. The molecule has 1 rings (SSSR count). The van der Waals surface area contributed by atoms with Crippen LogP contribution in [0.3, 0.4) is 0 Å². The highest BCUT2D eigenvalue weighted by atomic mass is 16.6. The molecule has 21 heavy (non-hydrogen) atoms. The van der Waals surface area contributed by atoms with E-state index in [1.807, 2.05) is 0 Å². The minimum absolute atomic E-state index is 0.234. The van der Waals surface area contributed by atoms with Crippen LogP contribution in [0.1, 0.15) is 45.0 Å². The smallest absolute Gasteiger partial charge is 0.408 e. The SMILES string of the molecule is CC(C)(CNC(=O)c1cccnc1)NC(=O)OC(C)(C)C. The standard InChI is InChI=1S/C15H23N3O3/c1-14(2,3)21-13(20)18-15(4,5)10-17-12(19)11-7-6-8-16-9-11/h6-9H,10H2,1-5H3,(H,17,19)(H,18,20). The number of nitrogens with one attached hydrogen (secondary N) is 2. The van der Waals surface area contributed by atoms with Gasteiger partial charge in [0.1, 0.15) is 5.60 Å². The van der Waals surface area contributed by atoms with Gasteiger partial charge in [-0.2, -0.15) is 0 Å². The summed E-state index contributed by atoms with van der Waals surface area (Å²) in [6, 6.07) is 3.37. The normalized spacial score (nSPS) is 11.7. The molecule has 0 aromatic carbocycles. The van der Waals surface area contributed by atoms with E-state index in [2.05, 4.69) is 15.6 Å². The van der Waals surface area contributed by atoms with Gasteiger partial charge in [0.2, 0.25) is 0 Å². The van der Waals surface area contributed by atoms with Gasteiger partial charge in [-0.25, -0.2) is 4.79 Å². The summed E-state index contributed by atoms with van der Waals surface area (Å²) in [4.78, 5) is 27.5. The molecule has 0 bridgehead atoms. The van der Waals surface area contributed by atoms with Crippen molar-refractivity contribution in [2.45, 2.75) is 45.8 Å². The van der Waals surface area contributed by atoms with Gasteiger partial charge in [-0.15, -0.1) is 0 Å². The molecule has 0 fully saturated rings. The molecule has 6 heteroatoms. The molecule has 0 spiro atoms. The van der Waals surface area contributed by atoms with Gasteiger partial charge in [0.05, 0.1) is 11.1 Å². The Morgan fingerprint density at radius 3 is 2.43 bits per heavy atom. The Kier molecular flexibility index (Phi) is 5.29. The molecular formula is C15H23N3O3. The van der Waals surface area contributed by atoms with E-state index in [0.717, 1.165) is 0 Å². The lowest BCUT2D eigenvalue weighted by molar-refractivity contribution is 0.0469. The Morgan fingerprint density at radius 2 is 1.90 bits per heavy atom. The number of alkyl carbamates (subject to hydrolysis) is 1. The quantitative estimate of drug-likeness (QED) is 0.891. The Labute approximate surface area is 125 Å². The van der Waals surface area contributed by atoms with Crippen LogP contribution in [0.5, 0.6) is 0 Å². The Morgan fingerprint density at radius 1 is 1.24 bits per heavy atom. The third-order valence-corrected chi connectivity index (χ3v) is 2.45. The van der Waals surface area contributed by atoms with Crippen molar-refractivity contribution in [1.82, 2.24) is 15.6 Å². The van der Waals surface area contributed by atoms with E-state index in [1.54, 1.807) is 52.9 Å². The second-order valence-electron chi connectivity index (χ2n) is 6.44. The van der Waals surface area contributed by atoms with Gasteiger partial charge in [-0.3, -0.25) is 9.78 Å². The van der Waals surface area contributed by atoms with Crippen molar-refractivity contribution in [3.8, 4) is 0 Å².